The molecule has 0 aliphatic carbocycles. The molecule has 0 aliphatic rings. The summed E-state index contributed by atoms with van der Waals surface area (Å²) in [5.41, 5.74) is 1.57. The van der Waals surface area contributed by atoms with Crippen molar-refractivity contribution in [2.45, 2.75) is 13.5 Å². The molecule has 1 N–H and O–H groups in total. The number of anilines is 1. The topological polar surface area (TPSA) is 58.5 Å². The molecule has 1 aromatic heterocycles. The predicted molar refractivity (Wildman–Crippen MR) is 57.8 cm³/mol. The Balaban J connectivity index is 2.73. The van der Waals surface area contributed by atoms with Gasteiger partial charge in [-0.3, -0.25) is 0 Å². The number of rotatable bonds is 5. The highest BCUT2D eigenvalue weighted by Crippen LogP contribution is 2.09. The van der Waals surface area contributed by atoms with Crippen LogP contribution in [0.2, 0.25) is 0 Å². The van der Waals surface area contributed by atoms with Crippen LogP contribution in [0.15, 0.2) is 6.20 Å². The van der Waals surface area contributed by atoms with E-state index >= 15 is 0 Å². The highest BCUT2D eigenvalue weighted by Gasteiger charge is 2.06. The number of aliphatic hydroxyl groups is 1. The molecular formula is C10H17N3O2. The van der Waals surface area contributed by atoms with Gasteiger partial charge in [0.25, 0.3) is 0 Å². The van der Waals surface area contributed by atoms with E-state index in [1.165, 1.54) is 0 Å². The van der Waals surface area contributed by atoms with E-state index in [9.17, 15) is 0 Å². The predicted octanol–water partition coefficient (Wildman–Crippen LogP) is 0.360. The molecule has 0 unspecified atom stereocenters. The third-order valence-corrected chi connectivity index (χ3v) is 2.21. The molecule has 5 nitrogen and oxygen atoms in total. The molecule has 0 saturated heterocycles. The van der Waals surface area contributed by atoms with Crippen LogP contribution in [0.1, 0.15) is 11.3 Å². The molecule has 1 heterocycles. The van der Waals surface area contributed by atoms with Gasteiger partial charge < -0.3 is 14.7 Å². The lowest BCUT2D eigenvalue weighted by molar-refractivity contribution is 0.206. The van der Waals surface area contributed by atoms with Crippen LogP contribution in [-0.2, 0) is 11.3 Å². The van der Waals surface area contributed by atoms with Gasteiger partial charge >= 0.3 is 0 Å². The van der Waals surface area contributed by atoms with E-state index in [0.29, 0.717) is 12.6 Å². The average molecular weight is 211 g/mol. The number of hydrogen-bond acceptors (Lipinski definition) is 5. The summed E-state index contributed by atoms with van der Waals surface area (Å²) in [4.78, 5) is 10.4. The van der Waals surface area contributed by atoms with Crippen molar-refractivity contribution in [2.75, 3.05) is 32.2 Å². The first kappa shape index (κ1) is 11.9. The van der Waals surface area contributed by atoms with Crippen LogP contribution in [0.4, 0.5) is 5.95 Å². The Hall–Kier alpha value is -1.20. The molecule has 1 aromatic rings. The average Bonchev–Trinajstić information content (AvgIpc) is 2.25. The van der Waals surface area contributed by atoms with Crippen molar-refractivity contribution in [1.82, 2.24) is 9.97 Å². The molecule has 15 heavy (non-hydrogen) atoms. The van der Waals surface area contributed by atoms with Crippen LogP contribution in [0.5, 0.6) is 0 Å². The number of hydrogen-bond donors (Lipinski definition) is 1. The summed E-state index contributed by atoms with van der Waals surface area (Å²) in [6.45, 7) is 3.23. The Morgan fingerprint density at radius 1 is 1.53 bits per heavy atom. The van der Waals surface area contributed by atoms with E-state index < -0.39 is 0 Å². The van der Waals surface area contributed by atoms with Gasteiger partial charge in [-0.05, 0) is 6.92 Å². The smallest absolute Gasteiger partial charge is 0.225 e. The van der Waals surface area contributed by atoms with E-state index in [1.54, 1.807) is 13.3 Å². The first-order valence-corrected chi connectivity index (χ1v) is 4.82. The monoisotopic (exact) mass is 211 g/mol. The fraction of sp³-hybridized carbons (Fsp3) is 0.600. The van der Waals surface area contributed by atoms with Gasteiger partial charge in [0.2, 0.25) is 5.95 Å². The molecule has 0 atom stereocenters. The summed E-state index contributed by atoms with van der Waals surface area (Å²) >= 11 is 0. The summed E-state index contributed by atoms with van der Waals surface area (Å²) in [5, 5.41) is 8.98. The second-order valence-electron chi connectivity index (χ2n) is 3.35. The maximum Gasteiger partial charge on any atom is 0.225 e. The van der Waals surface area contributed by atoms with Crippen LogP contribution in [0, 0.1) is 6.92 Å². The van der Waals surface area contributed by atoms with E-state index in [1.807, 2.05) is 18.9 Å². The zero-order chi connectivity index (χ0) is 11.3. The van der Waals surface area contributed by atoms with Crippen LogP contribution < -0.4 is 4.90 Å². The minimum atomic E-state index is -0.0199. The summed E-state index contributed by atoms with van der Waals surface area (Å²) in [6.07, 6.45) is 1.65. The molecule has 0 amide bonds. The lowest BCUT2D eigenvalue weighted by Gasteiger charge is -2.17. The van der Waals surface area contributed by atoms with Crippen molar-refractivity contribution in [1.29, 1.82) is 0 Å². The van der Waals surface area contributed by atoms with Gasteiger partial charge in [-0.15, -0.1) is 0 Å². The number of aromatic nitrogens is 2. The van der Waals surface area contributed by atoms with Gasteiger partial charge in [0.15, 0.2) is 0 Å². The van der Waals surface area contributed by atoms with E-state index in [4.69, 9.17) is 9.84 Å². The lowest BCUT2D eigenvalue weighted by atomic mass is 10.2. The highest BCUT2D eigenvalue weighted by molar-refractivity contribution is 5.31. The maximum atomic E-state index is 8.98. The molecule has 0 radical (unpaired) electrons. The summed E-state index contributed by atoms with van der Waals surface area (Å²) < 4.78 is 4.97. The second kappa shape index (κ2) is 5.63. The van der Waals surface area contributed by atoms with Crippen LogP contribution in [0.3, 0.4) is 0 Å². The van der Waals surface area contributed by atoms with Gasteiger partial charge in [0.05, 0.1) is 13.2 Å². The molecule has 0 aromatic carbocycles. The molecule has 0 bridgehead atoms. The van der Waals surface area contributed by atoms with E-state index in [0.717, 1.165) is 17.8 Å². The second-order valence-corrected chi connectivity index (χ2v) is 3.35. The molecule has 84 valence electrons. The molecule has 0 spiro atoms. The molecule has 0 saturated carbocycles. The third-order valence-electron chi connectivity index (χ3n) is 2.21. The molecule has 1 rings (SSSR count). The number of nitrogens with zero attached hydrogens (tertiary/aromatic N) is 3. The zero-order valence-electron chi connectivity index (χ0n) is 9.40. The number of ether oxygens (including phenoxy) is 1. The number of likely N-dealkylation sites (N-methyl/N-ethyl adjacent to an activating group) is 1. The van der Waals surface area contributed by atoms with Crippen molar-refractivity contribution >= 4 is 5.95 Å². The molecule has 0 aliphatic heterocycles. The van der Waals surface area contributed by atoms with Crippen LogP contribution in [0.25, 0.3) is 0 Å². The van der Waals surface area contributed by atoms with Crippen molar-refractivity contribution in [3.05, 3.63) is 17.5 Å². The lowest BCUT2D eigenvalue weighted by Crippen LogP contribution is -2.24. The van der Waals surface area contributed by atoms with Crippen LogP contribution in [-0.4, -0.2) is 42.4 Å². The fourth-order valence-electron chi connectivity index (χ4n) is 1.15. The zero-order valence-corrected chi connectivity index (χ0v) is 9.40. The van der Waals surface area contributed by atoms with Crippen molar-refractivity contribution in [2.24, 2.45) is 0 Å². The standard InChI is InChI=1S/C10H17N3O2/c1-8-9(7-14)6-11-10(12-8)13(2)4-5-15-3/h6,14H,4-5,7H2,1-3H3. The largest absolute Gasteiger partial charge is 0.392 e. The molecule has 5 heteroatoms. The van der Waals surface area contributed by atoms with Crippen LogP contribution >= 0.6 is 0 Å². The minimum Gasteiger partial charge on any atom is -0.392 e. The Morgan fingerprint density at radius 3 is 2.80 bits per heavy atom. The SMILES string of the molecule is COCCN(C)c1ncc(CO)c(C)n1. The van der Waals surface area contributed by atoms with Gasteiger partial charge in [0.1, 0.15) is 0 Å². The van der Waals surface area contributed by atoms with Crippen molar-refractivity contribution in [3.8, 4) is 0 Å². The van der Waals surface area contributed by atoms with Gasteiger partial charge in [-0.2, -0.15) is 0 Å². The summed E-state index contributed by atoms with van der Waals surface area (Å²) in [6, 6.07) is 0. The molecular weight excluding hydrogens is 194 g/mol. The van der Waals surface area contributed by atoms with Gasteiger partial charge in [-0.25, -0.2) is 9.97 Å². The van der Waals surface area contributed by atoms with E-state index in [-0.39, 0.29) is 6.61 Å². The van der Waals surface area contributed by atoms with E-state index in [2.05, 4.69) is 9.97 Å². The number of aliphatic hydroxyl groups excluding tert-OH is 1. The highest BCUT2D eigenvalue weighted by atomic mass is 16.5. The molecule has 0 fully saturated rings. The first-order chi connectivity index (χ1) is 7.19. The van der Waals surface area contributed by atoms with Gasteiger partial charge in [-0.1, -0.05) is 0 Å². The van der Waals surface area contributed by atoms with Crippen molar-refractivity contribution in [3.63, 3.8) is 0 Å². The van der Waals surface area contributed by atoms with Gasteiger partial charge in [0, 0.05) is 38.2 Å². The fourth-order valence-corrected chi connectivity index (χ4v) is 1.15. The normalized spacial score (nSPS) is 10.4. The minimum absolute atomic E-state index is 0.0199. The Labute approximate surface area is 89.7 Å². The Kier molecular flexibility index (Phi) is 4.45. The summed E-state index contributed by atoms with van der Waals surface area (Å²) in [7, 11) is 3.57. The summed E-state index contributed by atoms with van der Waals surface area (Å²) in [5.74, 6) is 0.654. The first-order valence-electron chi connectivity index (χ1n) is 4.82. The Morgan fingerprint density at radius 2 is 2.27 bits per heavy atom. The third kappa shape index (κ3) is 3.14. The maximum absolute atomic E-state index is 8.98. The number of methoxy groups -OCH3 is 1. The Bertz CT molecular complexity index is 318. The quantitative estimate of drug-likeness (QED) is 0.762. The van der Waals surface area contributed by atoms with Crippen molar-refractivity contribution < 1.29 is 9.84 Å². The number of aryl methyl sites for hydroxylation is 1.